The number of rotatable bonds is 6. The maximum atomic E-state index is 11.8. The van der Waals surface area contributed by atoms with Crippen LogP contribution in [0, 0.1) is 0 Å². The highest BCUT2D eigenvalue weighted by Gasteiger charge is 2.15. The molecule has 0 bridgehead atoms. The van der Waals surface area contributed by atoms with E-state index in [9.17, 15) is 4.79 Å². The Bertz CT molecular complexity index is 481. The lowest BCUT2D eigenvalue weighted by molar-refractivity contribution is -0.121. The van der Waals surface area contributed by atoms with Gasteiger partial charge in [0.2, 0.25) is 5.91 Å². The van der Waals surface area contributed by atoms with E-state index in [4.69, 9.17) is 0 Å². The lowest BCUT2D eigenvalue weighted by atomic mass is 10.2. The molecule has 0 aliphatic heterocycles. The molecule has 0 radical (unpaired) electrons. The Morgan fingerprint density at radius 2 is 1.91 bits per heavy atom. The van der Waals surface area contributed by atoms with Crippen LogP contribution >= 0.6 is 0 Å². The molecule has 120 valence electrons. The lowest BCUT2D eigenvalue weighted by Crippen LogP contribution is -2.43. The number of guanidine groups is 1. The van der Waals surface area contributed by atoms with Crippen LogP contribution in [-0.2, 0) is 11.3 Å². The van der Waals surface area contributed by atoms with Crippen LogP contribution in [0.15, 0.2) is 35.3 Å². The van der Waals surface area contributed by atoms with Crippen LogP contribution in [0.1, 0.15) is 37.7 Å². The number of nitrogens with zero attached hydrogens (tertiary/aromatic N) is 1. The summed E-state index contributed by atoms with van der Waals surface area (Å²) in [6, 6.07) is 10.5. The number of hydrogen-bond acceptors (Lipinski definition) is 2. The van der Waals surface area contributed by atoms with Crippen LogP contribution in [0.5, 0.6) is 0 Å². The summed E-state index contributed by atoms with van der Waals surface area (Å²) in [4.78, 5) is 16.0. The van der Waals surface area contributed by atoms with Crippen molar-refractivity contribution in [3.8, 4) is 0 Å². The summed E-state index contributed by atoms with van der Waals surface area (Å²) in [5, 5.41) is 9.53. The smallest absolute Gasteiger partial charge is 0.222 e. The second-order valence-electron chi connectivity index (χ2n) is 5.64. The van der Waals surface area contributed by atoms with Gasteiger partial charge in [-0.05, 0) is 18.4 Å². The molecule has 1 aliphatic rings. The highest BCUT2D eigenvalue weighted by Crippen LogP contribution is 2.17. The molecule has 0 aromatic heterocycles. The zero-order chi connectivity index (χ0) is 15.6. The molecule has 1 aliphatic carbocycles. The molecule has 0 spiro atoms. The van der Waals surface area contributed by atoms with Crippen molar-refractivity contribution in [3.63, 3.8) is 0 Å². The molecular weight excluding hydrogens is 276 g/mol. The van der Waals surface area contributed by atoms with E-state index >= 15 is 0 Å². The van der Waals surface area contributed by atoms with Crippen molar-refractivity contribution < 1.29 is 4.79 Å². The minimum absolute atomic E-state index is 0.0488. The summed E-state index contributed by atoms with van der Waals surface area (Å²) in [5.41, 5.74) is 1.11. The minimum Gasteiger partial charge on any atom is -0.356 e. The van der Waals surface area contributed by atoms with Crippen molar-refractivity contribution in [1.82, 2.24) is 16.0 Å². The topological polar surface area (TPSA) is 65.5 Å². The number of carbonyl (C=O) groups is 1. The van der Waals surface area contributed by atoms with E-state index < -0.39 is 0 Å². The molecule has 22 heavy (non-hydrogen) atoms. The summed E-state index contributed by atoms with van der Waals surface area (Å²) in [6.07, 6.45) is 5.43. The van der Waals surface area contributed by atoms with Gasteiger partial charge in [-0.2, -0.15) is 0 Å². The molecule has 1 fully saturated rings. The second kappa shape index (κ2) is 9.07. The third-order valence-corrected chi connectivity index (χ3v) is 3.90. The third kappa shape index (κ3) is 5.76. The zero-order valence-corrected chi connectivity index (χ0v) is 13.3. The zero-order valence-electron chi connectivity index (χ0n) is 13.3. The lowest BCUT2D eigenvalue weighted by Gasteiger charge is -2.16. The summed E-state index contributed by atoms with van der Waals surface area (Å²) < 4.78 is 0. The molecule has 5 nitrogen and oxygen atoms in total. The molecule has 0 heterocycles. The van der Waals surface area contributed by atoms with E-state index in [0.29, 0.717) is 25.6 Å². The molecule has 1 aromatic rings. The maximum absolute atomic E-state index is 11.8. The highest BCUT2D eigenvalue weighted by molar-refractivity contribution is 5.81. The molecule has 0 saturated heterocycles. The van der Waals surface area contributed by atoms with Gasteiger partial charge in [0.05, 0.1) is 0 Å². The first-order valence-electron chi connectivity index (χ1n) is 8.06. The summed E-state index contributed by atoms with van der Waals surface area (Å²) in [6.45, 7) is 1.17. The van der Waals surface area contributed by atoms with Crippen molar-refractivity contribution >= 4 is 11.9 Å². The van der Waals surface area contributed by atoms with Crippen LogP contribution < -0.4 is 16.0 Å². The van der Waals surface area contributed by atoms with Gasteiger partial charge in [0.25, 0.3) is 0 Å². The van der Waals surface area contributed by atoms with Crippen molar-refractivity contribution in [3.05, 3.63) is 35.9 Å². The van der Waals surface area contributed by atoms with Crippen molar-refractivity contribution in [2.75, 3.05) is 13.6 Å². The van der Waals surface area contributed by atoms with Gasteiger partial charge in [0, 0.05) is 32.6 Å². The summed E-state index contributed by atoms with van der Waals surface area (Å²) in [5.74, 6) is 0.843. The predicted molar refractivity (Wildman–Crippen MR) is 89.7 cm³/mol. The first-order chi connectivity index (χ1) is 10.8. The van der Waals surface area contributed by atoms with Gasteiger partial charge in [0.15, 0.2) is 5.96 Å². The van der Waals surface area contributed by atoms with Crippen molar-refractivity contribution in [1.29, 1.82) is 0 Å². The van der Waals surface area contributed by atoms with E-state index in [2.05, 4.69) is 20.9 Å². The molecule has 1 amide bonds. The monoisotopic (exact) mass is 302 g/mol. The van der Waals surface area contributed by atoms with Crippen molar-refractivity contribution in [2.45, 2.75) is 44.7 Å². The van der Waals surface area contributed by atoms with E-state index in [0.717, 1.165) is 11.5 Å². The fourth-order valence-corrected chi connectivity index (χ4v) is 2.64. The molecule has 0 unspecified atom stereocenters. The Balaban J connectivity index is 1.61. The number of hydrogen-bond donors (Lipinski definition) is 3. The largest absolute Gasteiger partial charge is 0.356 e. The number of carbonyl (C=O) groups excluding carboxylic acids is 1. The van der Waals surface area contributed by atoms with E-state index in [-0.39, 0.29) is 5.91 Å². The maximum Gasteiger partial charge on any atom is 0.222 e. The Hall–Kier alpha value is -2.04. The van der Waals surface area contributed by atoms with Crippen LogP contribution in [0.2, 0.25) is 0 Å². The number of benzene rings is 1. The molecule has 2 rings (SSSR count). The number of aliphatic imine (C=N–C) groups is 1. The average molecular weight is 302 g/mol. The predicted octanol–water partition coefficient (Wildman–Crippen LogP) is 1.80. The standard InChI is InChI=1S/C17H26N4O/c1-18-17(21-15-9-5-6-10-15)19-12-11-16(22)20-13-14-7-3-2-4-8-14/h2-4,7-8,15H,5-6,9-13H2,1H3,(H,20,22)(H2,18,19,21). The van der Waals surface area contributed by atoms with Gasteiger partial charge in [-0.15, -0.1) is 0 Å². The Morgan fingerprint density at radius 3 is 2.59 bits per heavy atom. The first kappa shape index (κ1) is 16.3. The number of nitrogens with one attached hydrogen (secondary N) is 3. The van der Waals surface area contributed by atoms with Gasteiger partial charge in [-0.3, -0.25) is 9.79 Å². The number of amides is 1. The van der Waals surface area contributed by atoms with Gasteiger partial charge < -0.3 is 16.0 Å². The van der Waals surface area contributed by atoms with Crippen LogP contribution in [0.25, 0.3) is 0 Å². The molecule has 5 heteroatoms. The highest BCUT2D eigenvalue weighted by atomic mass is 16.1. The fraction of sp³-hybridized carbons (Fsp3) is 0.529. The molecule has 3 N–H and O–H groups in total. The molecule has 0 atom stereocenters. The van der Waals surface area contributed by atoms with Gasteiger partial charge in [-0.1, -0.05) is 43.2 Å². The molecular formula is C17H26N4O. The quantitative estimate of drug-likeness (QED) is 0.554. The van der Waals surface area contributed by atoms with E-state index in [1.54, 1.807) is 7.05 Å². The van der Waals surface area contributed by atoms with E-state index in [1.807, 2.05) is 30.3 Å². The first-order valence-corrected chi connectivity index (χ1v) is 8.06. The molecule has 1 saturated carbocycles. The van der Waals surface area contributed by atoms with Gasteiger partial charge >= 0.3 is 0 Å². The Kier molecular flexibility index (Phi) is 6.74. The second-order valence-corrected chi connectivity index (χ2v) is 5.64. The molecule has 1 aromatic carbocycles. The van der Waals surface area contributed by atoms with Crippen LogP contribution in [-0.4, -0.2) is 31.5 Å². The normalized spacial score (nSPS) is 15.6. The average Bonchev–Trinajstić information content (AvgIpc) is 3.06. The van der Waals surface area contributed by atoms with Crippen LogP contribution in [0.3, 0.4) is 0 Å². The van der Waals surface area contributed by atoms with Gasteiger partial charge in [0.1, 0.15) is 0 Å². The third-order valence-electron chi connectivity index (χ3n) is 3.90. The Labute approximate surface area is 132 Å². The van der Waals surface area contributed by atoms with E-state index in [1.165, 1.54) is 25.7 Å². The minimum atomic E-state index is 0.0488. The fourth-order valence-electron chi connectivity index (χ4n) is 2.64. The summed E-state index contributed by atoms with van der Waals surface area (Å²) in [7, 11) is 1.76. The van der Waals surface area contributed by atoms with Crippen molar-refractivity contribution in [2.24, 2.45) is 4.99 Å². The SMILES string of the molecule is CN=C(NCCC(=O)NCc1ccccc1)NC1CCCC1. The van der Waals surface area contributed by atoms with Gasteiger partial charge in [-0.25, -0.2) is 0 Å². The Morgan fingerprint density at radius 1 is 1.18 bits per heavy atom. The van der Waals surface area contributed by atoms with Crippen LogP contribution in [0.4, 0.5) is 0 Å². The summed E-state index contributed by atoms with van der Waals surface area (Å²) >= 11 is 0.